The van der Waals surface area contributed by atoms with Crippen molar-refractivity contribution >= 4 is 21.7 Å². The molecule has 4 rings (SSSR count). The molecule has 0 unspecified atom stereocenters. The van der Waals surface area contributed by atoms with E-state index in [1.54, 1.807) is 4.31 Å². The number of hydrogen-bond donors (Lipinski definition) is 0. The van der Waals surface area contributed by atoms with Gasteiger partial charge in [0.15, 0.2) is 11.6 Å². The normalized spacial score (nSPS) is 23.5. The van der Waals surface area contributed by atoms with Crippen LogP contribution in [0.15, 0.2) is 12.1 Å². The Morgan fingerprint density at radius 2 is 1.42 bits per heavy atom. The van der Waals surface area contributed by atoms with E-state index in [9.17, 15) is 8.42 Å². The van der Waals surface area contributed by atoms with E-state index in [4.69, 9.17) is 4.74 Å². The molecule has 1 aliphatic carbocycles. The summed E-state index contributed by atoms with van der Waals surface area (Å²) in [4.78, 5) is 4.27. The number of hydrogen-bond acceptors (Lipinski definition) is 7. The second-order valence-electron chi connectivity index (χ2n) is 6.48. The zero-order valence-electron chi connectivity index (χ0n) is 13.7. The number of aromatic nitrogens is 2. The van der Waals surface area contributed by atoms with Crippen LogP contribution in [0.25, 0.3) is 0 Å². The van der Waals surface area contributed by atoms with Gasteiger partial charge in [0.25, 0.3) is 0 Å². The standard InChI is InChI=1S/C15H23N5O3S/c21-24(22,13-1-2-13)20-7-5-18(6-8-20)14-3-4-15(17-16-14)19-9-11-23-12-10-19/h3-4,13H,1-2,5-12H2. The largest absolute Gasteiger partial charge is 0.378 e. The molecule has 0 atom stereocenters. The van der Waals surface area contributed by atoms with E-state index in [2.05, 4.69) is 20.0 Å². The van der Waals surface area contributed by atoms with Gasteiger partial charge >= 0.3 is 0 Å². The molecule has 0 radical (unpaired) electrons. The highest BCUT2D eigenvalue weighted by atomic mass is 32.2. The van der Waals surface area contributed by atoms with E-state index >= 15 is 0 Å². The Morgan fingerprint density at radius 1 is 0.875 bits per heavy atom. The van der Waals surface area contributed by atoms with Crippen molar-refractivity contribution in [3.63, 3.8) is 0 Å². The molecule has 1 aromatic rings. The van der Waals surface area contributed by atoms with Gasteiger partial charge in [-0.05, 0) is 25.0 Å². The van der Waals surface area contributed by atoms with Crippen LogP contribution in [0.4, 0.5) is 11.6 Å². The molecule has 3 fully saturated rings. The van der Waals surface area contributed by atoms with Gasteiger partial charge in [0.2, 0.25) is 10.0 Å². The predicted molar refractivity (Wildman–Crippen MR) is 90.8 cm³/mol. The summed E-state index contributed by atoms with van der Waals surface area (Å²) in [6.07, 6.45) is 1.63. The van der Waals surface area contributed by atoms with Gasteiger partial charge in [-0.2, -0.15) is 4.31 Å². The van der Waals surface area contributed by atoms with Gasteiger partial charge in [-0.1, -0.05) is 0 Å². The first-order chi connectivity index (χ1) is 11.6. The number of anilines is 2. The predicted octanol–water partition coefficient (Wildman–Crippen LogP) is -0.0726. The number of morpholine rings is 1. The number of rotatable bonds is 4. The van der Waals surface area contributed by atoms with Crippen molar-refractivity contribution in [3.8, 4) is 0 Å². The summed E-state index contributed by atoms with van der Waals surface area (Å²) in [6, 6.07) is 3.96. The van der Waals surface area contributed by atoms with Crippen LogP contribution < -0.4 is 9.80 Å². The Bertz CT molecular complexity index is 663. The minimum absolute atomic E-state index is 0.128. The quantitative estimate of drug-likeness (QED) is 0.749. The van der Waals surface area contributed by atoms with Crippen molar-refractivity contribution in [1.82, 2.24) is 14.5 Å². The van der Waals surface area contributed by atoms with Gasteiger partial charge in [0.1, 0.15) is 0 Å². The molecule has 0 bridgehead atoms. The maximum atomic E-state index is 12.3. The molecular formula is C15H23N5O3S. The van der Waals surface area contributed by atoms with Crippen LogP contribution in [-0.2, 0) is 14.8 Å². The first kappa shape index (κ1) is 16.0. The highest BCUT2D eigenvalue weighted by Crippen LogP contribution is 2.31. The van der Waals surface area contributed by atoms with Crippen LogP contribution in [-0.4, -0.2) is 80.7 Å². The van der Waals surface area contributed by atoms with Crippen molar-refractivity contribution in [2.45, 2.75) is 18.1 Å². The zero-order chi connectivity index (χ0) is 16.6. The van der Waals surface area contributed by atoms with E-state index in [0.29, 0.717) is 26.2 Å². The molecule has 0 N–H and O–H groups in total. The SMILES string of the molecule is O=S(=O)(C1CC1)N1CCN(c2ccc(N3CCOCC3)nn2)CC1. The molecule has 3 aliphatic rings. The lowest BCUT2D eigenvalue weighted by molar-refractivity contribution is 0.122. The zero-order valence-corrected chi connectivity index (χ0v) is 14.5. The summed E-state index contributed by atoms with van der Waals surface area (Å²) in [5.74, 6) is 1.69. The molecule has 2 saturated heterocycles. The highest BCUT2D eigenvalue weighted by molar-refractivity contribution is 7.90. The summed E-state index contributed by atoms with van der Waals surface area (Å²) in [5, 5.41) is 8.54. The number of piperazine rings is 1. The van der Waals surface area contributed by atoms with Gasteiger partial charge in [0.05, 0.1) is 18.5 Å². The fourth-order valence-corrected chi connectivity index (χ4v) is 5.02. The Morgan fingerprint density at radius 3 is 1.92 bits per heavy atom. The summed E-state index contributed by atoms with van der Waals surface area (Å²) < 4.78 is 31.5. The lowest BCUT2D eigenvalue weighted by Crippen LogP contribution is -2.49. The average Bonchev–Trinajstić information content (AvgIpc) is 3.49. The number of ether oxygens (including phenoxy) is 1. The van der Waals surface area contributed by atoms with E-state index in [1.165, 1.54) is 0 Å². The van der Waals surface area contributed by atoms with Gasteiger partial charge in [-0.3, -0.25) is 0 Å². The molecule has 2 aliphatic heterocycles. The van der Waals surface area contributed by atoms with Crippen LogP contribution >= 0.6 is 0 Å². The van der Waals surface area contributed by atoms with Gasteiger partial charge in [-0.15, -0.1) is 10.2 Å². The molecule has 3 heterocycles. The lowest BCUT2D eigenvalue weighted by atomic mass is 10.3. The summed E-state index contributed by atoms with van der Waals surface area (Å²) >= 11 is 0. The molecule has 0 aromatic carbocycles. The third-order valence-corrected chi connectivity index (χ3v) is 7.24. The fraction of sp³-hybridized carbons (Fsp3) is 0.733. The van der Waals surface area contributed by atoms with Crippen molar-refractivity contribution in [1.29, 1.82) is 0 Å². The first-order valence-electron chi connectivity index (χ1n) is 8.55. The minimum atomic E-state index is -3.06. The molecule has 1 saturated carbocycles. The maximum absolute atomic E-state index is 12.3. The summed E-state index contributed by atoms with van der Waals surface area (Å²) in [6.45, 7) is 5.52. The van der Waals surface area contributed by atoms with E-state index < -0.39 is 10.0 Å². The van der Waals surface area contributed by atoms with Crippen molar-refractivity contribution in [2.75, 3.05) is 62.3 Å². The van der Waals surface area contributed by atoms with Crippen LogP contribution in [0.5, 0.6) is 0 Å². The highest BCUT2D eigenvalue weighted by Gasteiger charge is 2.41. The smallest absolute Gasteiger partial charge is 0.217 e. The molecule has 132 valence electrons. The number of nitrogens with zero attached hydrogens (tertiary/aromatic N) is 5. The van der Waals surface area contributed by atoms with Gasteiger partial charge in [-0.25, -0.2) is 8.42 Å². The van der Waals surface area contributed by atoms with Crippen LogP contribution in [0.3, 0.4) is 0 Å². The minimum Gasteiger partial charge on any atom is -0.378 e. The number of sulfonamides is 1. The van der Waals surface area contributed by atoms with Crippen LogP contribution in [0, 0.1) is 0 Å². The first-order valence-corrected chi connectivity index (χ1v) is 10.1. The molecule has 0 amide bonds. The summed E-state index contributed by atoms with van der Waals surface area (Å²) in [7, 11) is -3.06. The van der Waals surface area contributed by atoms with Crippen molar-refractivity contribution in [2.24, 2.45) is 0 Å². The Kier molecular flexibility index (Phi) is 4.31. The van der Waals surface area contributed by atoms with Crippen molar-refractivity contribution < 1.29 is 13.2 Å². The fourth-order valence-electron chi connectivity index (χ4n) is 3.20. The molecular weight excluding hydrogens is 330 g/mol. The second kappa shape index (κ2) is 6.45. The Hall–Kier alpha value is -1.45. The second-order valence-corrected chi connectivity index (χ2v) is 8.69. The third kappa shape index (κ3) is 3.20. The van der Waals surface area contributed by atoms with E-state index in [-0.39, 0.29) is 5.25 Å². The topological polar surface area (TPSA) is 78.9 Å². The third-order valence-electron chi connectivity index (χ3n) is 4.84. The molecule has 1 aromatic heterocycles. The van der Waals surface area contributed by atoms with Gasteiger partial charge in [0, 0.05) is 39.3 Å². The Labute approximate surface area is 142 Å². The van der Waals surface area contributed by atoms with Crippen LogP contribution in [0.2, 0.25) is 0 Å². The van der Waals surface area contributed by atoms with Gasteiger partial charge < -0.3 is 14.5 Å². The van der Waals surface area contributed by atoms with E-state index in [0.717, 1.165) is 50.8 Å². The average molecular weight is 353 g/mol. The maximum Gasteiger partial charge on any atom is 0.217 e. The Balaban J connectivity index is 1.37. The molecule has 0 spiro atoms. The van der Waals surface area contributed by atoms with Crippen molar-refractivity contribution in [3.05, 3.63) is 12.1 Å². The lowest BCUT2D eigenvalue weighted by Gasteiger charge is -2.34. The molecule has 9 heteroatoms. The van der Waals surface area contributed by atoms with Crippen LogP contribution in [0.1, 0.15) is 12.8 Å². The van der Waals surface area contributed by atoms with E-state index in [1.807, 2.05) is 12.1 Å². The summed E-state index contributed by atoms with van der Waals surface area (Å²) in [5.41, 5.74) is 0. The monoisotopic (exact) mass is 353 g/mol. The molecule has 8 nitrogen and oxygen atoms in total. The molecule has 24 heavy (non-hydrogen) atoms.